The van der Waals surface area contributed by atoms with Crippen molar-refractivity contribution in [3.05, 3.63) is 101 Å². The summed E-state index contributed by atoms with van der Waals surface area (Å²) in [5, 5.41) is 2.83. The van der Waals surface area contributed by atoms with Gasteiger partial charge in [-0.05, 0) is 36.4 Å². The number of hydrogen-bond acceptors (Lipinski definition) is 5. The summed E-state index contributed by atoms with van der Waals surface area (Å²) in [6.45, 7) is -0.0551. The molecule has 0 aliphatic rings. The van der Waals surface area contributed by atoms with Gasteiger partial charge in [-0.3, -0.25) is 9.59 Å². The molecule has 5 aromatic rings. The van der Waals surface area contributed by atoms with E-state index in [1.165, 1.54) is 17.6 Å². The van der Waals surface area contributed by atoms with Crippen molar-refractivity contribution in [1.82, 2.24) is 14.0 Å². The van der Waals surface area contributed by atoms with Gasteiger partial charge in [0.1, 0.15) is 6.54 Å². The zero-order valence-electron chi connectivity index (χ0n) is 18.3. The van der Waals surface area contributed by atoms with Crippen LogP contribution in [0.5, 0.6) is 0 Å². The first-order valence-electron chi connectivity index (χ1n) is 10.6. The SMILES string of the molecule is COC(=O)c1ccc(NC(=O)Cn2c3ccccc3n3c(=O)cc(-c4ccccc4)nc23)cc1. The number of methoxy groups -OCH3 is 1. The van der Waals surface area contributed by atoms with Gasteiger partial charge in [-0.1, -0.05) is 42.5 Å². The molecule has 8 heteroatoms. The number of imidazole rings is 1. The fourth-order valence-corrected chi connectivity index (χ4v) is 3.93. The first-order valence-corrected chi connectivity index (χ1v) is 10.6. The van der Waals surface area contributed by atoms with E-state index >= 15 is 0 Å². The van der Waals surface area contributed by atoms with E-state index in [2.05, 4.69) is 5.32 Å². The van der Waals surface area contributed by atoms with E-state index in [1.807, 2.05) is 54.6 Å². The number of amides is 1. The molecular weight excluding hydrogens is 432 g/mol. The van der Waals surface area contributed by atoms with Crippen LogP contribution in [0.25, 0.3) is 28.1 Å². The number of rotatable bonds is 5. The van der Waals surface area contributed by atoms with Crippen LogP contribution in [0.2, 0.25) is 0 Å². The molecule has 0 bridgehead atoms. The maximum atomic E-state index is 13.1. The number of aromatic nitrogens is 3. The molecule has 0 atom stereocenters. The average molecular weight is 452 g/mol. The van der Waals surface area contributed by atoms with Gasteiger partial charge in [-0.25, -0.2) is 14.2 Å². The number of carbonyl (C=O) groups is 2. The Labute approximate surface area is 194 Å². The Morgan fingerprint density at radius 2 is 1.59 bits per heavy atom. The highest BCUT2D eigenvalue weighted by molar-refractivity contribution is 5.94. The lowest BCUT2D eigenvalue weighted by atomic mass is 10.1. The molecular formula is C26H20N4O4. The number of fused-ring (bicyclic) bond motifs is 3. The maximum absolute atomic E-state index is 13.1. The topological polar surface area (TPSA) is 94.7 Å². The minimum atomic E-state index is -0.450. The normalized spacial score (nSPS) is 11.0. The molecule has 3 aromatic carbocycles. The summed E-state index contributed by atoms with van der Waals surface area (Å²) in [4.78, 5) is 42.4. The third kappa shape index (κ3) is 3.81. The van der Waals surface area contributed by atoms with Gasteiger partial charge in [-0.2, -0.15) is 0 Å². The van der Waals surface area contributed by atoms with Crippen LogP contribution in [-0.2, 0) is 16.1 Å². The number of ether oxygens (including phenoxy) is 1. The van der Waals surface area contributed by atoms with Crippen molar-refractivity contribution < 1.29 is 14.3 Å². The number of benzene rings is 3. The number of nitrogens with zero attached hydrogens (tertiary/aromatic N) is 3. The van der Waals surface area contributed by atoms with E-state index < -0.39 is 5.97 Å². The van der Waals surface area contributed by atoms with Gasteiger partial charge >= 0.3 is 5.97 Å². The lowest BCUT2D eigenvalue weighted by Gasteiger charge is -2.09. The smallest absolute Gasteiger partial charge is 0.337 e. The molecule has 0 unspecified atom stereocenters. The minimum absolute atomic E-state index is 0.0551. The van der Waals surface area contributed by atoms with E-state index in [1.54, 1.807) is 28.8 Å². The summed E-state index contributed by atoms with van der Waals surface area (Å²) in [5.41, 5.74) is 3.44. The summed E-state index contributed by atoms with van der Waals surface area (Å²) in [7, 11) is 1.31. The Bertz CT molecular complexity index is 1590. The molecule has 5 rings (SSSR count). The van der Waals surface area contributed by atoms with Gasteiger partial charge in [0.05, 0.1) is 29.4 Å². The molecule has 34 heavy (non-hydrogen) atoms. The van der Waals surface area contributed by atoms with Crippen molar-refractivity contribution in [3.63, 3.8) is 0 Å². The molecule has 0 saturated heterocycles. The fourth-order valence-electron chi connectivity index (χ4n) is 3.93. The molecule has 1 N–H and O–H groups in total. The molecule has 0 aliphatic carbocycles. The largest absolute Gasteiger partial charge is 0.465 e. The van der Waals surface area contributed by atoms with Crippen molar-refractivity contribution in [3.8, 4) is 11.3 Å². The van der Waals surface area contributed by atoms with Crippen LogP contribution in [0.4, 0.5) is 5.69 Å². The van der Waals surface area contributed by atoms with Gasteiger partial charge in [0.2, 0.25) is 11.7 Å². The van der Waals surface area contributed by atoms with Crippen molar-refractivity contribution in [1.29, 1.82) is 0 Å². The number of para-hydroxylation sites is 2. The highest BCUT2D eigenvalue weighted by atomic mass is 16.5. The summed E-state index contributed by atoms with van der Waals surface area (Å²) < 4.78 is 7.93. The van der Waals surface area contributed by atoms with Crippen molar-refractivity contribution >= 4 is 34.4 Å². The van der Waals surface area contributed by atoms with Crippen molar-refractivity contribution in [2.24, 2.45) is 0 Å². The molecule has 0 radical (unpaired) electrons. The predicted octanol–water partition coefficient (Wildman–Crippen LogP) is 3.74. The first kappa shape index (κ1) is 21.1. The quantitative estimate of drug-likeness (QED) is 0.410. The minimum Gasteiger partial charge on any atom is -0.465 e. The Balaban J connectivity index is 1.54. The second-order valence-electron chi connectivity index (χ2n) is 7.67. The number of carbonyl (C=O) groups excluding carboxylic acids is 2. The average Bonchev–Trinajstić information content (AvgIpc) is 3.18. The zero-order valence-corrected chi connectivity index (χ0v) is 18.3. The number of nitrogens with one attached hydrogen (secondary N) is 1. The van der Waals surface area contributed by atoms with Crippen LogP contribution in [0.3, 0.4) is 0 Å². The molecule has 0 saturated carbocycles. The van der Waals surface area contributed by atoms with Crippen LogP contribution in [0.15, 0.2) is 89.7 Å². The summed E-state index contributed by atoms with van der Waals surface area (Å²) in [6, 6.07) is 24.7. The van der Waals surface area contributed by atoms with Crippen LogP contribution in [-0.4, -0.2) is 32.9 Å². The molecule has 168 valence electrons. The molecule has 2 aromatic heterocycles. The highest BCUT2D eigenvalue weighted by Gasteiger charge is 2.17. The third-order valence-electron chi connectivity index (χ3n) is 5.52. The number of hydrogen-bond donors (Lipinski definition) is 1. The number of anilines is 1. The maximum Gasteiger partial charge on any atom is 0.337 e. The van der Waals surface area contributed by atoms with Crippen molar-refractivity contribution in [2.45, 2.75) is 6.54 Å². The molecule has 0 aliphatic heterocycles. The van der Waals surface area contributed by atoms with Crippen molar-refractivity contribution in [2.75, 3.05) is 12.4 Å². The summed E-state index contributed by atoms with van der Waals surface area (Å²) in [5.74, 6) is -0.369. The number of esters is 1. The fraction of sp³-hybridized carbons (Fsp3) is 0.0769. The highest BCUT2D eigenvalue weighted by Crippen LogP contribution is 2.22. The second kappa shape index (κ2) is 8.67. The van der Waals surface area contributed by atoms with Gasteiger partial charge in [0, 0.05) is 17.3 Å². The summed E-state index contributed by atoms with van der Waals surface area (Å²) in [6.07, 6.45) is 0. The first-order chi connectivity index (χ1) is 16.5. The second-order valence-corrected chi connectivity index (χ2v) is 7.67. The molecule has 8 nitrogen and oxygen atoms in total. The van der Waals surface area contributed by atoms with Gasteiger partial charge in [-0.15, -0.1) is 0 Å². The summed E-state index contributed by atoms with van der Waals surface area (Å²) >= 11 is 0. The third-order valence-corrected chi connectivity index (χ3v) is 5.52. The van der Waals surface area contributed by atoms with Crippen LogP contribution in [0.1, 0.15) is 10.4 Å². The van der Waals surface area contributed by atoms with E-state index in [0.717, 1.165) is 5.56 Å². The van der Waals surface area contributed by atoms with E-state index in [9.17, 15) is 14.4 Å². The standard InChI is InChI=1S/C26H20N4O4/c1-34-25(33)18-11-13-19(14-12-18)27-23(31)16-29-21-9-5-6-10-22(21)30-24(32)15-20(28-26(29)30)17-7-3-2-4-8-17/h2-15H,16H2,1H3,(H,27,31). The van der Waals surface area contributed by atoms with Crippen LogP contribution in [0, 0.1) is 0 Å². The Morgan fingerprint density at radius 3 is 2.29 bits per heavy atom. The van der Waals surface area contributed by atoms with E-state index in [4.69, 9.17) is 9.72 Å². The van der Waals surface area contributed by atoms with Crippen LogP contribution >= 0.6 is 0 Å². The molecule has 2 heterocycles. The van der Waals surface area contributed by atoms with Gasteiger partial charge < -0.3 is 14.6 Å². The molecule has 0 spiro atoms. The zero-order chi connectivity index (χ0) is 23.7. The monoisotopic (exact) mass is 452 g/mol. The van der Waals surface area contributed by atoms with E-state index in [0.29, 0.717) is 33.8 Å². The van der Waals surface area contributed by atoms with Gasteiger partial charge in [0.15, 0.2) is 0 Å². The Kier molecular flexibility index (Phi) is 5.39. The lowest BCUT2D eigenvalue weighted by molar-refractivity contribution is -0.116. The predicted molar refractivity (Wildman–Crippen MR) is 129 cm³/mol. The van der Waals surface area contributed by atoms with Crippen LogP contribution < -0.4 is 10.9 Å². The Hall–Kier alpha value is -4.72. The van der Waals surface area contributed by atoms with Gasteiger partial charge in [0.25, 0.3) is 5.56 Å². The molecule has 0 fully saturated rings. The van der Waals surface area contributed by atoms with E-state index in [-0.39, 0.29) is 18.0 Å². The molecule has 1 amide bonds. The lowest BCUT2D eigenvalue weighted by Crippen LogP contribution is -2.20. The Morgan fingerprint density at radius 1 is 0.912 bits per heavy atom.